The first-order valence-electron chi connectivity index (χ1n) is 5.76. The number of carbonyl (C=O) groups is 2. The molecule has 0 fully saturated rings. The summed E-state index contributed by atoms with van der Waals surface area (Å²) >= 11 is 3.20. The fourth-order valence-electron chi connectivity index (χ4n) is 1.43. The van der Waals surface area contributed by atoms with Gasteiger partial charge in [-0.3, -0.25) is 9.59 Å². The number of carbonyl (C=O) groups excluding carboxylic acids is 2. The molecule has 1 heterocycles. The first-order valence-corrected chi connectivity index (χ1v) is 6.56. The highest BCUT2D eigenvalue weighted by Crippen LogP contribution is 2.09. The Kier molecular flexibility index (Phi) is 6.21. The Labute approximate surface area is 120 Å². The van der Waals surface area contributed by atoms with Gasteiger partial charge in [0.1, 0.15) is 16.8 Å². The third-order valence-corrected chi connectivity index (χ3v) is 2.64. The van der Waals surface area contributed by atoms with Gasteiger partial charge < -0.3 is 9.64 Å². The molecule has 1 aromatic rings. The molecule has 19 heavy (non-hydrogen) atoms. The third-order valence-electron chi connectivity index (χ3n) is 2.20. The molecule has 1 amide bonds. The average molecular weight is 327 g/mol. The van der Waals surface area contributed by atoms with Crippen LogP contribution in [0.25, 0.3) is 0 Å². The lowest BCUT2D eigenvalue weighted by Gasteiger charge is -2.19. The maximum atomic E-state index is 12.2. The Morgan fingerprint density at radius 1 is 1.53 bits per heavy atom. The molecule has 0 bridgehead atoms. The second kappa shape index (κ2) is 7.68. The molecule has 0 atom stereocenters. The van der Waals surface area contributed by atoms with Crippen molar-refractivity contribution in [1.29, 1.82) is 0 Å². The summed E-state index contributed by atoms with van der Waals surface area (Å²) in [6.07, 6.45) is 1.55. The van der Waals surface area contributed by atoms with Crippen LogP contribution in [-0.4, -0.2) is 41.5 Å². The number of pyridine rings is 1. The molecule has 0 spiro atoms. The van der Waals surface area contributed by atoms with E-state index < -0.39 is 5.97 Å². The van der Waals surface area contributed by atoms with Crippen LogP contribution in [0.15, 0.2) is 35.5 Å². The van der Waals surface area contributed by atoms with E-state index in [-0.39, 0.29) is 31.3 Å². The number of aromatic nitrogens is 1. The standard InChI is InChI=1S/C13H15BrN2O3/c1-3-8-16(9-12(17)19-4-2)13(18)10-6-5-7-11(14)15-10/h3,5-7H,1,4,8-9H2,2H3. The van der Waals surface area contributed by atoms with Gasteiger partial charge in [-0.05, 0) is 35.0 Å². The highest BCUT2D eigenvalue weighted by Gasteiger charge is 2.19. The minimum atomic E-state index is -0.451. The normalized spacial score (nSPS) is 9.79. The number of rotatable bonds is 6. The minimum Gasteiger partial charge on any atom is -0.465 e. The van der Waals surface area contributed by atoms with Gasteiger partial charge in [0.15, 0.2) is 0 Å². The molecular weight excluding hydrogens is 312 g/mol. The third kappa shape index (κ3) is 4.82. The lowest BCUT2D eigenvalue weighted by atomic mass is 10.3. The molecular formula is C13H15BrN2O3. The van der Waals surface area contributed by atoms with Crippen LogP contribution in [-0.2, 0) is 9.53 Å². The summed E-state index contributed by atoms with van der Waals surface area (Å²) in [4.78, 5) is 29.1. The van der Waals surface area contributed by atoms with Gasteiger partial charge in [-0.1, -0.05) is 12.1 Å². The quantitative estimate of drug-likeness (QED) is 0.456. The summed E-state index contributed by atoms with van der Waals surface area (Å²) in [5.74, 6) is -0.790. The lowest BCUT2D eigenvalue weighted by molar-refractivity contribution is -0.143. The minimum absolute atomic E-state index is 0.118. The fourth-order valence-corrected chi connectivity index (χ4v) is 1.77. The molecule has 0 saturated carbocycles. The maximum absolute atomic E-state index is 12.2. The second-order valence-electron chi connectivity index (χ2n) is 3.62. The van der Waals surface area contributed by atoms with E-state index in [0.717, 1.165) is 0 Å². The molecule has 0 unspecified atom stereocenters. The van der Waals surface area contributed by atoms with Crippen molar-refractivity contribution in [3.8, 4) is 0 Å². The summed E-state index contributed by atoms with van der Waals surface area (Å²) < 4.78 is 5.39. The van der Waals surface area contributed by atoms with Crippen molar-refractivity contribution in [2.45, 2.75) is 6.92 Å². The average Bonchev–Trinajstić information content (AvgIpc) is 2.37. The van der Waals surface area contributed by atoms with Crippen LogP contribution >= 0.6 is 15.9 Å². The zero-order valence-corrected chi connectivity index (χ0v) is 12.2. The van der Waals surface area contributed by atoms with Gasteiger partial charge in [-0.25, -0.2) is 4.98 Å². The van der Waals surface area contributed by atoms with Gasteiger partial charge >= 0.3 is 5.97 Å². The van der Waals surface area contributed by atoms with Gasteiger partial charge in [0.2, 0.25) is 0 Å². The maximum Gasteiger partial charge on any atom is 0.325 e. The summed E-state index contributed by atoms with van der Waals surface area (Å²) in [5, 5.41) is 0. The number of esters is 1. The topological polar surface area (TPSA) is 59.5 Å². The smallest absolute Gasteiger partial charge is 0.325 e. The van der Waals surface area contributed by atoms with Gasteiger partial charge in [0, 0.05) is 6.54 Å². The van der Waals surface area contributed by atoms with Crippen molar-refractivity contribution >= 4 is 27.8 Å². The first kappa shape index (κ1) is 15.4. The lowest BCUT2D eigenvalue weighted by Crippen LogP contribution is -2.37. The van der Waals surface area contributed by atoms with E-state index >= 15 is 0 Å². The SMILES string of the molecule is C=CCN(CC(=O)OCC)C(=O)c1cccc(Br)n1. The Hall–Kier alpha value is -1.69. The van der Waals surface area contributed by atoms with Crippen molar-refractivity contribution in [3.63, 3.8) is 0 Å². The molecule has 1 aromatic heterocycles. The summed E-state index contributed by atoms with van der Waals surface area (Å²) in [5.41, 5.74) is 0.264. The monoisotopic (exact) mass is 326 g/mol. The van der Waals surface area contributed by atoms with Gasteiger partial charge in [0.25, 0.3) is 5.91 Å². The molecule has 0 N–H and O–H groups in total. The number of amides is 1. The van der Waals surface area contributed by atoms with Crippen molar-refractivity contribution in [1.82, 2.24) is 9.88 Å². The molecule has 6 heteroatoms. The zero-order valence-electron chi connectivity index (χ0n) is 10.6. The van der Waals surface area contributed by atoms with Crippen molar-refractivity contribution < 1.29 is 14.3 Å². The van der Waals surface area contributed by atoms with E-state index in [1.54, 1.807) is 31.2 Å². The number of ether oxygens (including phenoxy) is 1. The predicted molar refractivity (Wildman–Crippen MR) is 74.7 cm³/mol. The van der Waals surface area contributed by atoms with Gasteiger partial charge in [-0.15, -0.1) is 6.58 Å². The molecule has 1 rings (SSSR count). The van der Waals surface area contributed by atoms with Crippen LogP contribution < -0.4 is 0 Å². The van der Waals surface area contributed by atoms with Crippen LogP contribution in [0.2, 0.25) is 0 Å². The number of hydrogen-bond acceptors (Lipinski definition) is 4. The Morgan fingerprint density at radius 2 is 2.26 bits per heavy atom. The van der Waals surface area contributed by atoms with Crippen molar-refractivity contribution in [2.75, 3.05) is 19.7 Å². The van der Waals surface area contributed by atoms with Gasteiger partial charge in [0.05, 0.1) is 6.61 Å². The van der Waals surface area contributed by atoms with E-state index in [2.05, 4.69) is 27.5 Å². The Balaban J connectivity index is 2.83. The Bertz CT molecular complexity index is 477. The van der Waals surface area contributed by atoms with Crippen LogP contribution in [0.5, 0.6) is 0 Å². The summed E-state index contributed by atoms with van der Waals surface area (Å²) in [7, 11) is 0. The van der Waals surface area contributed by atoms with Crippen LogP contribution in [0.1, 0.15) is 17.4 Å². The molecule has 0 saturated heterocycles. The molecule has 102 valence electrons. The second-order valence-corrected chi connectivity index (χ2v) is 4.44. The molecule has 5 nitrogen and oxygen atoms in total. The fraction of sp³-hybridized carbons (Fsp3) is 0.308. The van der Waals surface area contributed by atoms with Crippen LogP contribution in [0.4, 0.5) is 0 Å². The van der Waals surface area contributed by atoms with E-state index in [1.165, 1.54) is 4.90 Å². The van der Waals surface area contributed by atoms with Crippen LogP contribution in [0, 0.1) is 0 Å². The zero-order chi connectivity index (χ0) is 14.3. The number of halogens is 1. The highest BCUT2D eigenvalue weighted by atomic mass is 79.9. The molecule has 0 aliphatic carbocycles. The highest BCUT2D eigenvalue weighted by molar-refractivity contribution is 9.10. The Morgan fingerprint density at radius 3 is 2.84 bits per heavy atom. The van der Waals surface area contributed by atoms with Crippen molar-refractivity contribution in [2.24, 2.45) is 0 Å². The molecule has 0 radical (unpaired) electrons. The van der Waals surface area contributed by atoms with Crippen molar-refractivity contribution in [3.05, 3.63) is 41.2 Å². The van der Waals surface area contributed by atoms with E-state index in [0.29, 0.717) is 4.60 Å². The number of nitrogens with zero attached hydrogens (tertiary/aromatic N) is 2. The molecule has 0 aliphatic heterocycles. The first-order chi connectivity index (χ1) is 9.08. The van der Waals surface area contributed by atoms with Gasteiger partial charge in [-0.2, -0.15) is 0 Å². The van der Waals surface area contributed by atoms with Crippen LogP contribution in [0.3, 0.4) is 0 Å². The van der Waals surface area contributed by atoms with E-state index in [9.17, 15) is 9.59 Å². The largest absolute Gasteiger partial charge is 0.465 e. The summed E-state index contributed by atoms with van der Waals surface area (Å²) in [6, 6.07) is 5.02. The number of hydrogen-bond donors (Lipinski definition) is 0. The molecule has 0 aliphatic rings. The van der Waals surface area contributed by atoms with E-state index in [4.69, 9.17) is 4.74 Å². The summed E-state index contributed by atoms with van der Waals surface area (Å²) in [6.45, 7) is 5.71. The van der Waals surface area contributed by atoms with E-state index in [1.807, 2.05) is 0 Å². The predicted octanol–water partition coefficient (Wildman–Crippen LogP) is 2.04. The molecule has 0 aromatic carbocycles.